The molecule has 1 aromatic rings. The molecule has 2 rings (SSSR count). The lowest BCUT2D eigenvalue weighted by atomic mass is 10.1. The maximum atomic E-state index is 11.8. The first-order valence-corrected chi connectivity index (χ1v) is 5.15. The molecule has 0 radical (unpaired) electrons. The van der Waals surface area contributed by atoms with Gasteiger partial charge in [-0.1, -0.05) is 15.9 Å². The molecule has 4 nitrogen and oxygen atoms in total. The second-order valence-corrected chi connectivity index (χ2v) is 4.08. The van der Waals surface area contributed by atoms with Crippen molar-refractivity contribution in [2.45, 2.75) is 5.79 Å². The van der Waals surface area contributed by atoms with Crippen LogP contribution in [0, 0.1) is 0 Å². The minimum absolute atomic E-state index is 0.305. The summed E-state index contributed by atoms with van der Waals surface area (Å²) < 4.78 is 11.2. The molecule has 80 valence electrons. The van der Waals surface area contributed by atoms with Crippen LogP contribution in [0.1, 0.15) is 5.56 Å². The lowest BCUT2D eigenvalue weighted by Gasteiger charge is -2.23. The second-order valence-electron chi connectivity index (χ2n) is 3.17. The van der Waals surface area contributed by atoms with Crippen molar-refractivity contribution < 1.29 is 14.3 Å². The molecule has 0 aliphatic carbocycles. The van der Waals surface area contributed by atoms with E-state index in [-0.39, 0.29) is 5.91 Å². The van der Waals surface area contributed by atoms with E-state index >= 15 is 0 Å². The van der Waals surface area contributed by atoms with Gasteiger partial charge < -0.3 is 14.8 Å². The van der Waals surface area contributed by atoms with E-state index < -0.39 is 5.79 Å². The number of amides is 1. The molecule has 1 aromatic carbocycles. The number of halogens is 1. The van der Waals surface area contributed by atoms with Crippen molar-refractivity contribution in [3.63, 3.8) is 0 Å². The van der Waals surface area contributed by atoms with Gasteiger partial charge in [-0.25, -0.2) is 0 Å². The third kappa shape index (κ3) is 1.39. The molecule has 0 atom stereocenters. The maximum Gasteiger partial charge on any atom is 0.289 e. The zero-order chi connectivity index (χ0) is 11.1. The zero-order valence-electron chi connectivity index (χ0n) is 8.33. The van der Waals surface area contributed by atoms with Crippen molar-refractivity contribution >= 4 is 27.5 Å². The first-order valence-electron chi connectivity index (χ1n) is 4.36. The first kappa shape index (κ1) is 10.6. The number of methoxy groups -OCH3 is 2. The molecule has 0 saturated heterocycles. The van der Waals surface area contributed by atoms with Gasteiger partial charge in [-0.3, -0.25) is 4.79 Å². The molecule has 0 aromatic heterocycles. The Kier molecular flexibility index (Phi) is 2.54. The van der Waals surface area contributed by atoms with Gasteiger partial charge in [0.25, 0.3) is 11.7 Å². The van der Waals surface area contributed by atoms with Crippen molar-refractivity contribution in [2.75, 3.05) is 19.5 Å². The van der Waals surface area contributed by atoms with Crippen molar-refractivity contribution in [3.05, 3.63) is 28.2 Å². The van der Waals surface area contributed by atoms with Gasteiger partial charge in [-0.2, -0.15) is 0 Å². The molecule has 1 aliphatic rings. The highest BCUT2D eigenvalue weighted by Gasteiger charge is 2.48. The molecular formula is C10H10BrNO3. The van der Waals surface area contributed by atoms with E-state index in [4.69, 9.17) is 9.47 Å². The van der Waals surface area contributed by atoms with Crippen molar-refractivity contribution in [1.82, 2.24) is 0 Å². The summed E-state index contributed by atoms with van der Waals surface area (Å²) in [5, 5.41) is 2.71. The Morgan fingerprint density at radius 1 is 1.33 bits per heavy atom. The van der Waals surface area contributed by atoms with Crippen LogP contribution >= 0.6 is 15.9 Å². The van der Waals surface area contributed by atoms with E-state index in [0.717, 1.165) is 4.47 Å². The number of nitrogens with one attached hydrogen (secondary N) is 1. The third-order valence-corrected chi connectivity index (χ3v) is 2.95. The average molecular weight is 272 g/mol. The predicted octanol–water partition coefficient (Wildman–Crippen LogP) is 1.85. The number of carbonyl (C=O) groups is 1. The number of ether oxygens (including phenoxy) is 2. The highest BCUT2D eigenvalue weighted by molar-refractivity contribution is 9.10. The average Bonchev–Trinajstić information content (AvgIpc) is 2.50. The Balaban J connectivity index is 2.61. The van der Waals surface area contributed by atoms with E-state index in [0.29, 0.717) is 11.3 Å². The Labute approximate surface area is 95.7 Å². The Bertz CT molecular complexity index is 415. The molecule has 1 aliphatic heterocycles. The minimum atomic E-state index is -1.32. The standard InChI is InChI=1S/C10H10BrNO3/c1-14-10(15-2)7-5-6(11)3-4-8(7)12-9(10)13/h3-5H,1-2H3,(H,12,13). The highest BCUT2D eigenvalue weighted by atomic mass is 79.9. The van der Waals surface area contributed by atoms with Gasteiger partial charge in [0.2, 0.25) is 0 Å². The number of carbonyl (C=O) groups excluding carboxylic acids is 1. The number of anilines is 1. The maximum absolute atomic E-state index is 11.8. The summed E-state index contributed by atoms with van der Waals surface area (Å²) in [5.41, 5.74) is 1.40. The number of fused-ring (bicyclic) bond motifs is 1. The Morgan fingerprint density at radius 3 is 2.60 bits per heavy atom. The van der Waals surface area contributed by atoms with Crippen LogP contribution in [0.15, 0.2) is 22.7 Å². The third-order valence-electron chi connectivity index (χ3n) is 2.46. The largest absolute Gasteiger partial charge is 0.342 e. The van der Waals surface area contributed by atoms with Crippen LogP contribution in [0.25, 0.3) is 0 Å². The fraction of sp³-hybridized carbons (Fsp3) is 0.300. The smallest absolute Gasteiger partial charge is 0.289 e. The Morgan fingerprint density at radius 2 is 2.00 bits per heavy atom. The normalized spacial score (nSPS) is 17.4. The van der Waals surface area contributed by atoms with Gasteiger partial charge >= 0.3 is 0 Å². The number of hydrogen-bond donors (Lipinski definition) is 1. The summed E-state index contributed by atoms with van der Waals surface area (Å²) in [6.45, 7) is 0. The van der Waals surface area contributed by atoms with Gasteiger partial charge in [0.1, 0.15) is 0 Å². The summed E-state index contributed by atoms with van der Waals surface area (Å²) in [5.74, 6) is -1.63. The second kappa shape index (κ2) is 3.59. The van der Waals surface area contributed by atoms with Crippen LogP contribution in [-0.2, 0) is 20.1 Å². The molecule has 15 heavy (non-hydrogen) atoms. The fourth-order valence-corrected chi connectivity index (χ4v) is 2.07. The van der Waals surface area contributed by atoms with Crippen molar-refractivity contribution in [2.24, 2.45) is 0 Å². The van der Waals surface area contributed by atoms with Crippen LogP contribution < -0.4 is 5.32 Å². The topological polar surface area (TPSA) is 47.6 Å². The summed E-state index contributed by atoms with van der Waals surface area (Å²) in [6, 6.07) is 5.46. The van der Waals surface area contributed by atoms with Crippen LogP contribution in [-0.4, -0.2) is 20.1 Å². The molecule has 0 unspecified atom stereocenters. The van der Waals surface area contributed by atoms with E-state index in [1.165, 1.54) is 14.2 Å². The van der Waals surface area contributed by atoms with Gasteiger partial charge in [0.05, 0.1) is 5.69 Å². The van der Waals surface area contributed by atoms with Gasteiger partial charge in [0, 0.05) is 24.3 Å². The van der Waals surface area contributed by atoms with Gasteiger partial charge in [-0.15, -0.1) is 0 Å². The molecule has 1 heterocycles. The SMILES string of the molecule is COC1(OC)C(=O)Nc2ccc(Br)cc21. The van der Waals surface area contributed by atoms with E-state index in [1.54, 1.807) is 12.1 Å². The van der Waals surface area contributed by atoms with Crippen LogP contribution in [0.5, 0.6) is 0 Å². The van der Waals surface area contributed by atoms with Crippen LogP contribution in [0.3, 0.4) is 0 Å². The van der Waals surface area contributed by atoms with E-state index in [9.17, 15) is 4.79 Å². The van der Waals surface area contributed by atoms with Gasteiger partial charge in [-0.05, 0) is 18.2 Å². The van der Waals surface area contributed by atoms with Gasteiger partial charge in [0.15, 0.2) is 0 Å². The zero-order valence-corrected chi connectivity index (χ0v) is 9.92. The molecule has 1 amide bonds. The van der Waals surface area contributed by atoms with Crippen molar-refractivity contribution in [3.8, 4) is 0 Å². The van der Waals surface area contributed by atoms with Crippen LogP contribution in [0.2, 0.25) is 0 Å². The minimum Gasteiger partial charge on any atom is -0.342 e. The molecule has 0 saturated carbocycles. The highest BCUT2D eigenvalue weighted by Crippen LogP contribution is 2.40. The molecule has 0 spiro atoms. The molecule has 1 N–H and O–H groups in total. The molecule has 0 bridgehead atoms. The van der Waals surface area contributed by atoms with E-state index in [1.807, 2.05) is 6.07 Å². The van der Waals surface area contributed by atoms with Crippen molar-refractivity contribution in [1.29, 1.82) is 0 Å². The lowest BCUT2D eigenvalue weighted by molar-refractivity contribution is -0.207. The number of benzene rings is 1. The van der Waals surface area contributed by atoms with E-state index in [2.05, 4.69) is 21.2 Å². The molecule has 0 fully saturated rings. The fourth-order valence-electron chi connectivity index (χ4n) is 1.71. The predicted molar refractivity (Wildman–Crippen MR) is 58.5 cm³/mol. The number of rotatable bonds is 2. The lowest BCUT2D eigenvalue weighted by Crippen LogP contribution is -2.38. The summed E-state index contributed by atoms with van der Waals surface area (Å²) in [4.78, 5) is 11.8. The number of hydrogen-bond acceptors (Lipinski definition) is 3. The monoisotopic (exact) mass is 271 g/mol. The first-order chi connectivity index (χ1) is 7.14. The molecule has 5 heteroatoms. The molecular weight excluding hydrogens is 262 g/mol. The summed E-state index contributed by atoms with van der Waals surface area (Å²) in [7, 11) is 2.89. The summed E-state index contributed by atoms with van der Waals surface area (Å²) >= 11 is 3.34. The summed E-state index contributed by atoms with van der Waals surface area (Å²) in [6.07, 6.45) is 0. The Hall–Kier alpha value is -0.910. The van der Waals surface area contributed by atoms with Crippen LogP contribution in [0.4, 0.5) is 5.69 Å². The quantitative estimate of drug-likeness (QED) is 0.836.